The molecule has 1 saturated carbocycles. The van der Waals surface area contributed by atoms with E-state index < -0.39 is 0 Å². The molecule has 2 rings (SSSR count). The monoisotopic (exact) mass is 260 g/mol. The van der Waals surface area contributed by atoms with Crippen LogP contribution in [0.4, 0.5) is 0 Å². The minimum atomic E-state index is 0.125. The van der Waals surface area contributed by atoms with Crippen LogP contribution in [0.25, 0.3) is 0 Å². The number of nitrogens with zero attached hydrogens (tertiary/aromatic N) is 1. The summed E-state index contributed by atoms with van der Waals surface area (Å²) in [5.74, 6) is 0.925. The van der Waals surface area contributed by atoms with Crippen molar-refractivity contribution in [3.05, 3.63) is 34.9 Å². The summed E-state index contributed by atoms with van der Waals surface area (Å²) >= 11 is 0. The molecule has 0 saturated heterocycles. The van der Waals surface area contributed by atoms with Crippen LogP contribution in [0.15, 0.2) is 18.2 Å². The summed E-state index contributed by atoms with van der Waals surface area (Å²) in [4.78, 5) is 2.54. The lowest BCUT2D eigenvalue weighted by atomic mass is 10.0. The molecule has 1 aliphatic carbocycles. The average molecular weight is 260 g/mol. The van der Waals surface area contributed by atoms with Gasteiger partial charge in [0.15, 0.2) is 0 Å². The molecule has 0 amide bonds. The van der Waals surface area contributed by atoms with Crippen molar-refractivity contribution in [3.63, 3.8) is 0 Å². The van der Waals surface area contributed by atoms with Crippen molar-refractivity contribution in [2.24, 2.45) is 11.7 Å². The first-order valence-corrected chi connectivity index (χ1v) is 7.53. The Labute approximate surface area is 118 Å². The fraction of sp³-hybridized carbons (Fsp3) is 0.647. The summed E-state index contributed by atoms with van der Waals surface area (Å²) in [6, 6.07) is 7.37. The van der Waals surface area contributed by atoms with Gasteiger partial charge in [-0.15, -0.1) is 0 Å². The van der Waals surface area contributed by atoms with Crippen molar-refractivity contribution in [1.82, 2.24) is 4.90 Å². The van der Waals surface area contributed by atoms with E-state index in [0.29, 0.717) is 6.04 Å². The molecule has 106 valence electrons. The van der Waals surface area contributed by atoms with Gasteiger partial charge >= 0.3 is 0 Å². The van der Waals surface area contributed by atoms with Crippen molar-refractivity contribution >= 4 is 0 Å². The molecule has 2 heteroatoms. The number of nitrogens with two attached hydrogens (primary N) is 1. The summed E-state index contributed by atoms with van der Waals surface area (Å²) in [6.07, 6.45) is 2.81. The third-order valence-electron chi connectivity index (χ3n) is 4.02. The summed E-state index contributed by atoms with van der Waals surface area (Å²) in [7, 11) is 0. The number of benzene rings is 1. The molecule has 0 heterocycles. The molecular formula is C17H28N2. The molecule has 0 spiro atoms. The highest BCUT2D eigenvalue weighted by Gasteiger charge is 2.26. The number of hydrogen-bond donors (Lipinski definition) is 1. The van der Waals surface area contributed by atoms with Crippen LogP contribution >= 0.6 is 0 Å². The zero-order valence-corrected chi connectivity index (χ0v) is 12.8. The normalized spacial score (nSPS) is 17.2. The molecule has 1 fully saturated rings. The van der Waals surface area contributed by atoms with E-state index in [1.807, 2.05) is 0 Å². The van der Waals surface area contributed by atoms with E-state index >= 15 is 0 Å². The molecule has 1 aromatic rings. The zero-order chi connectivity index (χ0) is 14.0. The molecule has 1 aliphatic rings. The van der Waals surface area contributed by atoms with Gasteiger partial charge in [-0.2, -0.15) is 0 Å². The summed E-state index contributed by atoms with van der Waals surface area (Å²) in [6.45, 7) is 11.0. The molecule has 0 aromatic heterocycles. The second-order valence-electron chi connectivity index (χ2n) is 6.52. The van der Waals surface area contributed by atoms with E-state index in [4.69, 9.17) is 5.73 Å². The molecule has 0 bridgehead atoms. The Hall–Kier alpha value is -0.860. The van der Waals surface area contributed by atoms with Crippen LogP contribution < -0.4 is 5.73 Å². The Morgan fingerprint density at radius 1 is 1.16 bits per heavy atom. The van der Waals surface area contributed by atoms with Gasteiger partial charge in [0.05, 0.1) is 0 Å². The largest absolute Gasteiger partial charge is 0.323 e. The fourth-order valence-corrected chi connectivity index (χ4v) is 2.71. The van der Waals surface area contributed by atoms with Crippen LogP contribution in [0.1, 0.15) is 49.4 Å². The van der Waals surface area contributed by atoms with E-state index in [9.17, 15) is 0 Å². The highest BCUT2D eigenvalue weighted by atomic mass is 15.2. The van der Waals surface area contributed by atoms with Crippen molar-refractivity contribution in [2.45, 2.75) is 52.6 Å². The maximum absolute atomic E-state index is 6.43. The Morgan fingerprint density at radius 2 is 1.74 bits per heavy atom. The van der Waals surface area contributed by atoms with E-state index in [1.54, 1.807) is 0 Å². The molecular weight excluding hydrogens is 232 g/mol. The van der Waals surface area contributed by atoms with Gasteiger partial charge in [0.1, 0.15) is 0 Å². The molecule has 0 radical (unpaired) electrons. The third-order valence-corrected chi connectivity index (χ3v) is 4.02. The molecule has 1 aromatic carbocycles. The molecule has 1 atom stereocenters. The maximum atomic E-state index is 6.43. The fourth-order valence-electron chi connectivity index (χ4n) is 2.71. The van der Waals surface area contributed by atoms with Gasteiger partial charge in [0.2, 0.25) is 0 Å². The van der Waals surface area contributed by atoms with Gasteiger partial charge in [-0.3, -0.25) is 4.90 Å². The van der Waals surface area contributed by atoms with Crippen LogP contribution in [0, 0.1) is 19.8 Å². The van der Waals surface area contributed by atoms with E-state index in [-0.39, 0.29) is 6.04 Å². The summed E-state index contributed by atoms with van der Waals surface area (Å²) in [5.41, 5.74) is 10.3. The lowest BCUT2D eigenvalue weighted by Crippen LogP contribution is -2.38. The predicted octanol–water partition coefficient (Wildman–Crippen LogP) is 3.42. The van der Waals surface area contributed by atoms with Crippen molar-refractivity contribution in [3.8, 4) is 0 Å². The standard InChI is InChI=1S/C17H28N2/c1-12(2)19(10-15-5-6-15)11-17(18)16-8-13(3)7-14(4)9-16/h7-9,12,15,17H,5-6,10-11,18H2,1-4H3. The van der Waals surface area contributed by atoms with E-state index in [1.165, 1.54) is 36.1 Å². The Kier molecular flexibility index (Phi) is 4.64. The van der Waals surface area contributed by atoms with Crippen molar-refractivity contribution in [2.75, 3.05) is 13.1 Å². The quantitative estimate of drug-likeness (QED) is 0.849. The SMILES string of the molecule is Cc1cc(C)cc(C(N)CN(CC2CC2)C(C)C)c1. The molecule has 2 N–H and O–H groups in total. The first-order valence-electron chi connectivity index (χ1n) is 7.53. The highest BCUT2D eigenvalue weighted by molar-refractivity contribution is 5.30. The number of hydrogen-bond acceptors (Lipinski definition) is 2. The second-order valence-corrected chi connectivity index (χ2v) is 6.52. The summed E-state index contributed by atoms with van der Waals surface area (Å²) in [5, 5.41) is 0. The van der Waals surface area contributed by atoms with Gasteiger partial charge in [-0.25, -0.2) is 0 Å². The van der Waals surface area contributed by atoms with Crippen LogP contribution in [0.3, 0.4) is 0 Å². The van der Waals surface area contributed by atoms with Gasteiger partial charge in [0, 0.05) is 25.2 Å². The first-order chi connectivity index (χ1) is 8.95. The average Bonchev–Trinajstić information content (AvgIpc) is 3.10. The van der Waals surface area contributed by atoms with E-state index in [0.717, 1.165) is 12.5 Å². The van der Waals surface area contributed by atoms with Gasteiger partial charge in [-0.1, -0.05) is 29.3 Å². The predicted molar refractivity (Wildman–Crippen MR) is 82.3 cm³/mol. The van der Waals surface area contributed by atoms with Crippen LogP contribution in [0.2, 0.25) is 0 Å². The minimum Gasteiger partial charge on any atom is -0.323 e. The molecule has 1 unspecified atom stereocenters. The van der Waals surface area contributed by atoms with Gasteiger partial charge in [-0.05, 0) is 52.0 Å². The Morgan fingerprint density at radius 3 is 2.21 bits per heavy atom. The van der Waals surface area contributed by atoms with Crippen LogP contribution in [-0.2, 0) is 0 Å². The minimum absolute atomic E-state index is 0.125. The highest BCUT2D eigenvalue weighted by Crippen LogP contribution is 2.30. The number of rotatable bonds is 6. The second kappa shape index (κ2) is 6.06. The Balaban J connectivity index is 2.02. The van der Waals surface area contributed by atoms with Gasteiger partial charge in [0.25, 0.3) is 0 Å². The lowest BCUT2D eigenvalue weighted by Gasteiger charge is -2.29. The van der Waals surface area contributed by atoms with Crippen molar-refractivity contribution < 1.29 is 0 Å². The lowest BCUT2D eigenvalue weighted by molar-refractivity contribution is 0.200. The van der Waals surface area contributed by atoms with Crippen LogP contribution in [-0.4, -0.2) is 24.0 Å². The van der Waals surface area contributed by atoms with Crippen molar-refractivity contribution in [1.29, 1.82) is 0 Å². The number of aryl methyl sites for hydroxylation is 2. The van der Waals surface area contributed by atoms with Gasteiger partial charge < -0.3 is 5.73 Å². The zero-order valence-electron chi connectivity index (χ0n) is 12.8. The Bertz CT molecular complexity index is 401. The van der Waals surface area contributed by atoms with Crippen LogP contribution in [0.5, 0.6) is 0 Å². The molecule has 19 heavy (non-hydrogen) atoms. The molecule has 0 aliphatic heterocycles. The smallest absolute Gasteiger partial charge is 0.0424 e. The topological polar surface area (TPSA) is 29.3 Å². The summed E-state index contributed by atoms with van der Waals surface area (Å²) < 4.78 is 0. The third kappa shape index (κ3) is 4.32. The first kappa shape index (κ1) is 14.5. The maximum Gasteiger partial charge on any atom is 0.0424 e. The molecule has 2 nitrogen and oxygen atoms in total. The van der Waals surface area contributed by atoms with E-state index in [2.05, 4.69) is 50.8 Å².